The monoisotopic (exact) mass is 289 g/mol. The standard InChI is InChI=1S/C16H23N3O2/c1-12(13-7-3-2-4-8-13)17-11-15(20)19-16(21)18-14-9-5-6-10-14/h2-4,7-8,12,14,17H,5-6,9-11H2,1H3,(H2,18,19,20,21)/t12-/m0/s1. The average molecular weight is 289 g/mol. The number of carbonyl (C=O) groups is 2. The molecule has 0 bridgehead atoms. The first-order valence-electron chi connectivity index (χ1n) is 7.54. The molecule has 1 saturated carbocycles. The second-order valence-corrected chi connectivity index (χ2v) is 5.52. The van der Waals surface area contributed by atoms with E-state index in [1.165, 1.54) is 0 Å². The highest BCUT2D eigenvalue weighted by Gasteiger charge is 2.18. The van der Waals surface area contributed by atoms with Crippen molar-refractivity contribution in [3.8, 4) is 0 Å². The zero-order valence-electron chi connectivity index (χ0n) is 12.4. The molecule has 5 nitrogen and oxygen atoms in total. The molecule has 1 aromatic carbocycles. The Labute approximate surface area is 125 Å². The highest BCUT2D eigenvalue weighted by Crippen LogP contribution is 2.17. The summed E-state index contributed by atoms with van der Waals surface area (Å²) in [6.07, 6.45) is 4.31. The number of amides is 3. The van der Waals surface area contributed by atoms with Crippen LogP contribution in [0, 0.1) is 0 Å². The number of hydrogen-bond donors (Lipinski definition) is 3. The number of rotatable bonds is 5. The molecular formula is C16H23N3O2. The third-order valence-corrected chi connectivity index (χ3v) is 3.81. The van der Waals surface area contributed by atoms with E-state index in [1.54, 1.807) is 0 Å². The summed E-state index contributed by atoms with van der Waals surface area (Å²) in [5.41, 5.74) is 1.11. The van der Waals surface area contributed by atoms with E-state index in [1.807, 2.05) is 37.3 Å². The molecule has 114 valence electrons. The van der Waals surface area contributed by atoms with E-state index in [-0.39, 0.29) is 30.6 Å². The van der Waals surface area contributed by atoms with Crippen LogP contribution in [0.25, 0.3) is 0 Å². The quantitative estimate of drug-likeness (QED) is 0.777. The van der Waals surface area contributed by atoms with Crippen molar-refractivity contribution in [2.75, 3.05) is 6.54 Å². The summed E-state index contributed by atoms with van der Waals surface area (Å²) < 4.78 is 0. The van der Waals surface area contributed by atoms with Gasteiger partial charge in [-0.3, -0.25) is 10.1 Å². The first-order chi connectivity index (χ1) is 10.1. The minimum Gasteiger partial charge on any atom is -0.335 e. The third-order valence-electron chi connectivity index (χ3n) is 3.81. The topological polar surface area (TPSA) is 70.2 Å². The van der Waals surface area contributed by atoms with Crippen LogP contribution in [-0.4, -0.2) is 24.5 Å². The van der Waals surface area contributed by atoms with Gasteiger partial charge in [-0.05, 0) is 25.3 Å². The molecule has 1 aromatic rings. The Morgan fingerprint density at radius 2 is 1.86 bits per heavy atom. The lowest BCUT2D eigenvalue weighted by molar-refractivity contribution is -0.119. The van der Waals surface area contributed by atoms with Crippen molar-refractivity contribution in [3.05, 3.63) is 35.9 Å². The fourth-order valence-corrected chi connectivity index (χ4v) is 2.57. The van der Waals surface area contributed by atoms with Crippen LogP contribution in [0.2, 0.25) is 0 Å². The molecule has 0 radical (unpaired) electrons. The molecule has 3 N–H and O–H groups in total. The highest BCUT2D eigenvalue weighted by atomic mass is 16.2. The Morgan fingerprint density at radius 1 is 1.19 bits per heavy atom. The molecule has 1 aliphatic rings. The van der Waals surface area contributed by atoms with Crippen LogP contribution in [0.4, 0.5) is 4.79 Å². The third kappa shape index (κ3) is 5.19. The fourth-order valence-electron chi connectivity index (χ4n) is 2.57. The molecule has 2 rings (SSSR count). The summed E-state index contributed by atoms with van der Waals surface area (Å²) in [7, 11) is 0. The number of benzene rings is 1. The SMILES string of the molecule is C[C@H](NCC(=O)NC(=O)NC1CCCC1)c1ccccc1. The summed E-state index contributed by atoms with van der Waals surface area (Å²) in [4.78, 5) is 23.4. The minimum atomic E-state index is -0.388. The van der Waals surface area contributed by atoms with E-state index in [9.17, 15) is 9.59 Å². The first kappa shape index (κ1) is 15.5. The van der Waals surface area contributed by atoms with Crippen molar-refractivity contribution < 1.29 is 9.59 Å². The van der Waals surface area contributed by atoms with Gasteiger partial charge in [0.1, 0.15) is 0 Å². The van der Waals surface area contributed by atoms with Gasteiger partial charge in [0.15, 0.2) is 0 Å². The molecule has 0 spiro atoms. The molecule has 21 heavy (non-hydrogen) atoms. The lowest BCUT2D eigenvalue weighted by Gasteiger charge is -2.15. The molecule has 0 aliphatic heterocycles. The molecule has 1 fully saturated rings. The maximum absolute atomic E-state index is 11.7. The van der Waals surface area contributed by atoms with Gasteiger partial charge >= 0.3 is 6.03 Å². The van der Waals surface area contributed by atoms with Gasteiger partial charge in [-0.15, -0.1) is 0 Å². The van der Waals surface area contributed by atoms with Crippen molar-refractivity contribution in [1.82, 2.24) is 16.0 Å². The summed E-state index contributed by atoms with van der Waals surface area (Å²) in [5.74, 6) is -0.312. The Balaban J connectivity index is 1.68. The Bertz CT molecular complexity index is 470. The second-order valence-electron chi connectivity index (χ2n) is 5.52. The Hall–Kier alpha value is -1.88. The molecular weight excluding hydrogens is 266 g/mol. The van der Waals surface area contributed by atoms with E-state index in [4.69, 9.17) is 0 Å². The van der Waals surface area contributed by atoms with Crippen LogP contribution >= 0.6 is 0 Å². The minimum absolute atomic E-state index is 0.0647. The van der Waals surface area contributed by atoms with Gasteiger partial charge in [-0.1, -0.05) is 43.2 Å². The van der Waals surface area contributed by atoms with Crippen LogP contribution in [0.5, 0.6) is 0 Å². The maximum atomic E-state index is 11.7. The molecule has 3 amide bonds. The second kappa shape index (κ2) is 7.78. The van der Waals surface area contributed by atoms with Gasteiger partial charge < -0.3 is 10.6 Å². The van der Waals surface area contributed by atoms with Crippen molar-refractivity contribution in [1.29, 1.82) is 0 Å². The molecule has 0 aromatic heterocycles. The Morgan fingerprint density at radius 3 is 2.52 bits per heavy atom. The predicted molar refractivity (Wildman–Crippen MR) is 81.8 cm³/mol. The van der Waals surface area contributed by atoms with Crippen LogP contribution in [-0.2, 0) is 4.79 Å². The number of hydrogen-bond acceptors (Lipinski definition) is 3. The largest absolute Gasteiger partial charge is 0.335 e. The average Bonchev–Trinajstić information content (AvgIpc) is 2.98. The first-order valence-corrected chi connectivity index (χ1v) is 7.54. The lowest BCUT2D eigenvalue weighted by atomic mass is 10.1. The van der Waals surface area contributed by atoms with E-state index < -0.39 is 0 Å². The van der Waals surface area contributed by atoms with E-state index in [0.29, 0.717) is 0 Å². The lowest BCUT2D eigenvalue weighted by Crippen LogP contribution is -2.46. The van der Waals surface area contributed by atoms with Gasteiger partial charge in [-0.25, -0.2) is 4.79 Å². The van der Waals surface area contributed by atoms with Crippen LogP contribution in [0.3, 0.4) is 0 Å². The number of imide groups is 1. The van der Waals surface area contributed by atoms with Crippen LogP contribution in [0.15, 0.2) is 30.3 Å². The van der Waals surface area contributed by atoms with Crippen molar-refractivity contribution in [2.45, 2.75) is 44.7 Å². The van der Waals surface area contributed by atoms with Gasteiger partial charge in [0.2, 0.25) is 5.91 Å². The van der Waals surface area contributed by atoms with Gasteiger partial charge in [0.05, 0.1) is 6.54 Å². The molecule has 1 aliphatic carbocycles. The zero-order chi connectivity index (χ0) is 15.1. The molecule has 1 atom stereocenters. The normalized spacial score (nSPS) is 16.4. The summed E-state index contributed by atoms with van der Waals surface area (Å²) in [6.45, 7) is 2.11. The van der Waals surface area contributed by atoms with E-state index in [2.05, 4.69) is 16.0 Å². The van der Waals surface area contributed by atoms with E-state index in [0.717, 1.165) is 31.2 Å². The van der Waals surface area contributed by atoms with Crippen molar-refractivity contribution in [3.63, 3.8) is 0 Å². The summed E-state index contributed by atoms with van der Waals surface area (Å²) in [5, 5.41) is 8.30. The van der Waals surface area contributed by atoms with Crippen LogP contribution < -0.4 is 16.0 Å². The van der Waals surface area contributed by atoms with Crippen LogP contribution in [0.1, 0.15) is 44.2 Å². The predicted octanol–water partition coefficient (Wildman–Crippen LogP) is 2.11. The van der Waals surface area contributed by atoms with Gasteiger partial charge in [0.25, 0.3) is 0 Å². The molecule has 0 saturated heterocycles. The zero-order valence-corrected chi connectivity index (χ0v) is 12.4. The Kier molecular flexibility index (Phi) is 5.75. The fraction of sp³-hybridized carbons (Fsp3) is 0.500. The van der Waals surface area contributed by atoms with Crippen molar-refractivity contribution in [2.24, 2.45) is 0 Å². The number of nitrogens with one attached hydrogen (secondary N) is 3. The maximum Gasteiger partial charge on any atom is 0.321 e. The molecule has 0 heterocycles. The molecule has 5 heteroatoms. The summed E-state index contributed by atoms with van der Waals surface area (Å²) in [6, 6.07) is 9.77. The molecule has 0 unspecified atom stereocenters. The van der Waals surface area contributed by atoms with Crippen molar-refractivity contribution >= 4 is 11.9 Å². The van der Waals surface area contributed by atoms with Gasteiger partial charge in [0, 0.05) is 12.1 Å². The number of carbonyl (C=O) groups excluding carboxylic acids is 2. The highest BCUT2D eigenvalue weighted by molar-refractivity contribution is 5.95. The van der Waals surface area contributed by atoms with E-state index >= 15 is 0 Å². The van der Waals surface area contributed by atoms with Gasteiger partial charge in [-0.2, -0.15) is 0 Å². The summed E-state index contributed by atoms with van der Waals surface area (Å²) >= 11 is 0. The number of urea groups is 1. The smallest absolute Gasteiger partial charge is 0.321 e.